The summed E-state index contributed by atoms with van der Waals surface area (Å²) in [7, 11) is 0. The van der Waals surface area contributed by atoms with Crippen LogP contribution in [0.25, 0.3) is 11.0 Å². The highest BCUT2D eigenvalue weighted by atomic mass is 19.3. The molecule has 142 valence electrons. The molecule has 1 heterocycles. The van der Waals surface area contributed by atoms with Crippen LogP contribution < -0.4 is 10.6 Å². The molecule has 26 heavy (non-hydrogen) atoms. The summed E-state index contributed by atoms with van der Waals surface area (Å²) >= 11 is 0. The Balaban J connectivity index is 2.16. The average Bonchev–Trinajstić information content (AvgIpc) is 2.96. The molecule has 0 saturated carbocycles. The number of amides is 2. The van der Waals surface area contributed by atoms with Gasteiger partial charge in [0.1, 0.15) is 11.9 Å². The smallest absolute Gasteiger partial charge is 0.320 e. The number of imidazole rings is 1. The normalized spacial score (nSPS) is 13.8. The van der Waals surface area contributed by atoms with Crippen LogP contribution >= 0.6 is 0 Å². The molecule has 0 spiro atoms. The van der Waals surface area contributed by atoms with Crippen molar-refractivity contribution in [1.82, 2.24) is 20.2 Å². The van der Waals surface area contributed by atoms with E-state index in [1.54, 1.807) is 31.2 Å². The Hall–Kier alpha value is -2.51. The summed E-state index contributed by atoms with van der Waals surface area (Å²) in [5.74, 6) is -0.958. The van der Waals surface area contributed by atoms with Crippen LogP contribution in [0, 0.1) is 5.92 Å². The molecule has 2 rings (SSSR count). The summed E-state index contributed by atoms with van der Waals surface area (Å²) < 4.78 is 27.9. The van der Waals surface area contributed by atoms with Gasteiger partial charge in [-0.15, -0.1) is 0 Å². The van der Waals surface area contributed by atoms with E-state index in [0.717, 1.165) is 4.57 Å². The lowest BCUT2D eigenvalue weighted by molar-refractivity contribution is -0.129. The van der Waals surface area contributed by atoms with Crippen LogP contribution in [0.5, 0.6) is 0 Å². The summed E-state index contributed by atoms with van der Waals surface area (Å²) in [5, 5.41) is 5.33. The third-order valence-corrected chi connectivity index (χ3v) is 4.15. The topological polar surface area (TPSA) is 76.0 Å². The molecule has 0 bridgehead atoms. The van der Waals surface area contributed by atoms with E-state index in [0.29, 0.717) is 11.0 Å². The van der Waals surface area contributed by atoms with Crippen LogP contribution in [-0.2, 0) is 9.59 Å². The predicted molar refractivity (Wildman–Crippen MR) is 94.9 cm³/mol. The van der Waals surface area contributed by atoms with Crippen molar-refractivity contribution in [2.24, 2.45) is 5.92 Å². The van der Waals surface area contributed by atoms with Crippen LogP contribution in [0.1, 0.15) is 46.0 Å². The molecular formula is C18H24F2N4O2. The van der Waals surface area contributed by atoms with E-state index in [9.17, 15) is 18.4 Å². The summed E-state index contributed by atoms with van der Waals surface area (Å²) in [6.07, 6.45) is 0. The van der Waals surface area contributed by atoms with Gasteiger partial charge in [-0.05, 0) is 18.1 Å². The molecule has 0 radical (unpaired) electrons. The van der Waals surface area contributed by atoms with Crippen molar-refractivity contribution < 1.29 is 18.4 Å². The Labute approximate surface area is 151 Å². The van der Waals surface area contributed by atoms with Gasteiger partial charge >= 0.3 is 6.55 Å². The minimum atomic E-state index is -2.72. The van der Waals surface area contributed by atoms with Gasteiger partial charge in [-0.1, -0.05) is 32.9 Å². The predicted octanol–water partition coefficient (Wildman–Crippen LogP) is 2.81. The maximum absolute atomic E-state index is 13.5. The first-order valence-electron chi connectivity index (χ1n) is 8.52. The number of hydrogen-bond acceptors (Lipinski definition) is 3. The fourth-order valence-electron chi connectivity index (χ4n) is 2.82. The zero-order valence-corrected chi connectivity index (χ0v) is 15.3. The number of hydrogen-bond donors (Lipinski definition) is 2. The highest BCUT2D eigenvalue weighted by Crippen LogP contribution is 2.27. The van der Waals surface area contributed by atoms with Crippen molar-refractivity contribution in [2.75, 3.05) is 6.54 Å². The van der Waals surface area contributed by atoms with Crippen LogP contribution in [0.4, 0.5) is 8.78 Å². The number of aromatic nitrogens is 2. The molecule has 1 aromatic heterocycles. The molecule has 0 aliphatic heterocycles. The molecule has 2 unspecified atom stereocenters. The second-order valence-corrected chi connectivity index (χ2v) is 6.67. The number of nitrogens with zero attached hydrogens (tertiary/aromatic N) is 2. The third kappa shape index (κ3) is 4.36. The molecule has 2 aromatic rings. The molecule has 6 nitrogen and oxygen atoms in total. The Morgan fingerprint density at radius 1 is 1.19 bits per heavy atom. The lowest BCUT2D eigenvalue weighted by atomic mass is 10.0. The van der Waals surface area contributed by atoms with E-state index in [2.05, 4.69) is 15.6 Å². The fraction of sp³-hybridized carbons (Fsp3) is 0.500. The average molecular weight is 366 g/mol. The van der Waals surface area contributed by atoms with E-state index < -0.39 is 18.5 Å². The van der Waals surface area contributed by atoms with Gasteiger partial charge in [-0.2, -0.15) is 8.78 Å². The summed E-state index contributed by atoms with van der Waals surface area (Å²) in [5.41, 5.74) is 0.841. The van der Waals surface area contributed by atoms with Gasteiger partial charge in [-0.3, -0.25) is 14.2 Å². The number of halogens is 2. The SMILES string of the molecule is CC(=O)NC(C(=O)NCC(C)c1nc2ccccc2n1C(F)F)C(C)C. The highest BCUT2D eigenvalue weighted by molar-refractivity contribution is 5.87. The van der Waals surface area contributed by atoms with Crippen molar-refractivity contribution in [2.45, 2.75) is 46.2 Å². The standard InChI is InChI=1S/C18H24F2N4O2/c1-10(2)15(22-12(4)25)17(26)21-9-11(3)16-23-13-7-5-6-8-14(13)24(16)18(19)20/h5-8,10-11,15,18H,9H2,1-4H3,(H,21,26)(H,22,25). The summed E-state index contributed by atoms with van der Waals surface area (Å²) in [6.45, 7) is 4.12. The summed E-state index contributed by atoms with van der Waals surface area (Å²) in [4.78, 5) is 27.9. The van der Waals surface area contributed by atoms with Crippen molar-refractivity contribution in [1.29, 1.82) is 0 Å². The second kappa shape index (κ2) is 8.25. The first-order chi connectivity index (χ1) is 12.2. The Kier molecular flexibility index (Phi) is 6.28. The van der Waals surface area contributed by atoms with Gasteiger partial charge in [-0.25, -0.2) is 4.98 Å². The molecule has 0 saturated heterocycles. The number of rotatable bonds is 7. The second-order valence-electron chi connectivity index (χ2n) is 6.67. The molecule has 0 aliphatic carbocycles. The lowest BCUT2D eigenvalue weighted by Crippen LogP contribution is -2.49. The van der Waals surface area contributed by atoms with Gasteiger partial charge in [0.2, 0.25) is 11.8 Å². The first-order valence-corrected chi connectivity index (χ1v) is 8.52. The van der Waals surface area contributed by atoms with Crippen molar-refractivity contribution in [3.63, 3.8) is 0 Å². The van der Waals surface area contributed by atoms with E-state index in [4.69, 9.17) is 0 Å². The molecule has 0 fully saturated rings. The minimum absolute atomic E-state index is 0.0974. The van der Waals surface area contributed by atoms with E-state index >= 15 is 0 Å². The highest BCUT2D eigenvalue weighted by Gasteiger charge is 2.25. The van der Waals surface area contributed by atoms with Crippen LogP contribution in [-0.4, -0.2) is 34.0 Å². The van der Waals surface area contributed by atoms with Crippen LogP contribution in [0.2, 0.25) is 0 Å². The van der Waals surface area contributed by atoms with Crippen LogP contribution in [0.15, 0.2) is 24.3 Å². The molecule has 2 N–H and O–H groups in total. The van der Waals surface area contributed by atoms with Gasteiger partial charge < -0.3 is 10.6 Å². The minimum Gasteiger partial charge on any atom is -0.354 e. The number of alkyl halides is 2. The largest absolute Gasteiger partial charge is 0.354 e. The maximum atomic E-state index is 13.5. The molecule has 0 aliphatic rings. The van der Waals surface area contributed by atoms with Crippen molar-refractivity contribution in [3.8, 4) is 0 Å². The number of fused-ring (bicyclic) bond motifs is 1. The van der Waals surface area contributed by atoms with E-state index in [-0.39, 0.29) is 30.1 Å². The molecule has 2 amide bonds. The number of carbonyl (C=O) groups is 2. The molecule has 2 atom stereocenters. The number of carbonyl (C=O) groups excluding carboxylic acids is 2. The van der Waals surface area contributed by atoms with Gasteiger partial charge in [0.15, 0.2) is 0 Å². The number of nitrogens with one attached hydrogen (secondary N) is 2. The monoisotopic (exact) mass is 366 g/mol. The third-order valence-electron chi connectivity index (χ3n) is 4.15. The zero-order chi connectivity index (χ0) is 19.4. The number of benzene rings is 1. The molecular weight excluding hydrogens is 342 g/mol. The molecule has 1 aromatic carbocycles. The van der Waals surface area contributed by atoms with Gasteiger partial charge in [0, 0.05) is 19.4 Å². The lowest BCUT2D eigenvalue weighted by Gasteiger charge is -2.22. The number of para-hydroxylation sites is 2. The quantitative estimate of drug-likeness (QED) is 0.791. The zero-order valence-electron chi connectivity index (χ0n) is 15.3. The first kappa shape index (κ1) is 19.8. The fourth-order valence-corrected chi connectivity index (χ4v) is 2.82. The Morgan fingerprint density at radius 2 is 1.85 bits per heavy atom. The molecule has 8 heteroatoms. The van der Waals surface area contributed by atoms with Crippen LogP contribution in [0.3, 0.4) is 0 Å². The summed E-state index contributed by atoms with van der Waals surface area (Å²) in [6, 6.07) is 6.01. The van der Waals surface area contributed by atoms with Crippen molar-refractivity contribution in [3.05, 3.63) is 30.1 Å². The van der Waals surface area contributed by atoms with Gasteiger partial charge in [0.05, 0.1) is 11.0 Å². The van der Waals surface area contributed by atoms with Gasteiger partial charge in [0.25, 0.3) is 0 Å². The maximum Gasteiger partial charge on any atom is 0.320 e. The van der Waals surface area contributed by atoms with E-state index in [1.165, 1.54) is 6.92 Å². The Morgan fingerprint density at radius 3 is 2.42 bits per heavy atom. The van der Waals surface area contributed by atoms with E-state index in [1.807, 2.05) is 13.8 Å². The Bertz CT molecular complexity index is 789. The van der Waals surface area contributed by atoms with Crippen molar-refractivity contribution >= 4 is 22.8 Å².